The summed E-state index contributed by atoms with van der Waals surface area (Å²) in [4.78, 5) is 10.7. The summed E-state index contributed by atoms with van der Waals surface area (Å²) in [5, 5.41) is 3.67. The molecule has 3 heterocycles. The summed E-state index contributed by atoms with van der Waals surface area (Å²) in [7, 11) is -3.77. The van der Waals surface area contributed by atoms with E-state index in [9.17, 15) is 8.42 Å². The van der Waals surface area contributed by atoms with Crippen molar-refractivity contribution in [2.45, 2.75) is 38.0 Å². The highest BCUT2D eigenvalue weighted by atomic mass is 32.2. The molecule has 1 N–H and O–H groups in total. The smallest absolute Gasteiger partial charge is 0.267 e. The van der Waals surface area contributed by atoms with Crippen molar-refractivity contribution in [1.29, 1.82) is 0 Å². The van der Waals surface area contributed by atoms with E-state index in [1.165, 1.54) is 18.8 Å². The van der Waals surface area contributed by atoms with Crippen molar-refractivity contribution >= 4 is 21.7 Å². The molecule has 2 aromatic heterocycles. The molecular formula is C14H19N5O3S. The van der Waals surface area contributed by atoms with Crippen LogP contribution in [-0.2, 0) is 10.0 Å². The van der Waals surface area contributed by atoms with Crippen LogP contribution < -0.4 is 9.62 Å². The third-order valence-corrected chi connectivity index (χ3v) is 5.39. The molecule has 0 saturated carbocycles. The van der Waals surface area contributed by atoms with Gasteiger partial charge in [-0.05, 0) is 33.1 Å². The van der Waals surface area contributed by atoms with E-state index >= 15 is 0 Å². The average Bonchev–Trinajstić information content (AvgIpc) is 2.88. The van der Waals surface area contributed by atoms with E-state index in [-0.39, 0.29) is 10.7 Å². The SMILES string of the molecule is Cc1noc(C)c1S(=O)(=O)Nc1cnc(N2CCCCC2)nc1. The van der Waals surface area contributed by atoms with Crippen LogP contribution >= 0.6 is 0 Å². The first kappa shape index (κ1) is 15.7. The molecule has 0 amide bonds. The number of hydrogen-bond acceptors (Lipinski definition) is 7. The van der Waals surface area contributed by atoms with E-state index < -0.39 is 10.0 Å². The molecule has 1 aliphatic rings. The molecule has 0 radical (unpaired) electrons. The van der Waals surface area contributed by atoms with Gasteiger partial charge in [0.25, 0.3) is 10.0 Å². The van der Waals surface area contributed by atoms with Crippen molar-refractivity contribution in [3.8, 4) is 0 Å². The second-order valence-corrected chi connectivity index (χ2v) is 7.20. The first-order chi connectivity index (χ1) is 11.0. The van der Waals surface area contributed by atoms with E-state index in [0.29, 0.717) is 17.3 Å². The van der Waals surface area contributed by atoms with Crippen LogP contribution in [0.4, 0.5) is 11.6 Å². The van der Waals surface area contributed by atoms with Crippen LogP contribution in [-0.4, -0.2) is 36.6 Å². The van der Waals surface area contributed by atoms with Crippen molar-refractivity contribution < 1.29 is 12.9 Å². The van der Waals surface area contributed by atoms with Gasteiger partial charge in [-0.3, -0.25) is 4.72 Å². The number of aryl methyl sites for hydroxylation is 2. The Bertz CT molecular complexity index is 760. The van der Waals surface area contributed by atoms with Crippen LogP contribution in [0.25, 0.3) is 0 Å². The summed E-state index contributed by atoms with van der Waals surface area (Å²) in [5.41, 5.74) is 0.631. The number of anilines is 2. The summed E-state index contributed by atoms with van der Waals surface area (Å²) in [5.74, 6) is 0.880. The van der Waals surface area contributed by atoms with Crippen LogP contribution in [0.2, 0.25) is 0 Å². The second-order valence-electron chi connectivity index (χ2n) is 5.58. The maximum absolute atomic E-state index is 12.4. The van der Waals surface area contributed by atoms with Crippen molar-refractivity contribution in [3.05, 3.63) is 23.8 Å². The first-order valence-electron chi connectivity index (χ1n) is 7.50. The van der Waals surface area contributed by atoms with Crippen molar-refractivity contribution in [2.24, 2.45) is 0 Å². The minimum atomic E-state index is -3.77. The zero-order chi connectivity index (χ0) is 16.4. The lowest BCUT2D eigenvalue weighted by Crippen LogP contribution is -2.30. The third-order valence-electron chi connectivity index (χ3n) is 3.77. The summed E-state index contributed by atoms with van der Waals surface area (Å²) in [6.07, 6.45) is 6.44. The van der Waals surface area contributed by atoms with Gasteiger partial charge >= 0.3 is 0 Å². The number of rotatable bonds is 4. The van der Waals surface area contributed by atoms with E-state index in [2.05, 4.69) is 24.7 Å². The summed E-state index contributed by atoms with van der Waals surface area (Å²) in [6.45, 7) is 5.01. The predicted octanol–water partition coefficient (Wildman–Crippen LogP) is 1.87. The Hall–Kier alpha value is -2.16. The Balaban J connectivity index is 1.78. The van der Waals surface area contributed by atoms with E-state index in [0.717, 1.165) is 25.9 Å². The molecule has 8 nitrogen and oxygen atoms in total. The Morgan fingerprint density at radius 1 is 1.13 bits per heavy atom. The number of sulfonamides is 1. The molecule has 9 heteroatoms. The molecule has 0 aliphatic carbocycles. The number of hydrogen-bond donors (Lipinski definition) is 1. The quantitative estimate of drug-likeness (QED) is 0.908. The van der Waals surface area contributed by atoms with Gasteiger partial charge in [-0.25, -0.2) is 18.4 Å². The summed E-state index contributed by atoms with van der Waals surface area (Å²) in [6, 6.07) is 0. The van der Waals surface area contributed by atoms with Crippen LogP contribution in [0.1, 0.15) is 30.7 Å². The molecule has 0 unspecified atom stereocenters. The largest absolute Gasteiger partial charge is 0.360 e. The van der Waals surface area contributed by atoms with Crippen molar-refractivity contribution in [2.75, 3.05) is 22.7 Å². The van der Waals surface area contributed by atoms with Crippen LogP contribution in [0.3, 0.4) is 0 Å². The lowest BCUT2D eigenvalue weighted by molar-refractivity contribution is 0.390. The number of nitrogens with one attached hydrogen (secondary N) is 1. The third kappa shape index (κ3) is 3.29. The van der Waals surface area contributed by atoms with Gasteiger partial charge in [0.1, 0.15) is 5.69 Å². The summed E-state index contributed by atoms with van der Waals surface area (Å²) >= 11 is 0. The van der Waals surface area contributed by atoms with E-state index in [1.54, 1.807) is 13.8 Å². The highest BCUT2D eigenvalue weighted by Gasteiger charge is 2.24. The summed E-state index contributed by atoms with van der Waals surface area (Å²) < 4.78 is 32.2. The van der Waals surface area contributed by atoms with Gasteiger partial charge in [-0.1, -0.05) is 5.16 Å². The van der Waals surface area contributed by atoms with E-state index in [4.69, 9.17) is 4.52 Å². The molecule has 1 fully saturated rings. The van der Waals surface area contributed by atoms with Crippen LogP contribution in [0.15, 0.2) is 21.8 Å². The van der Waals surface area contributed by atoms with Gasteiger partial charge in [0.2, 0.25) is 5.95 Å². The lowest BCUT2D eigenvalue weighted by Gasteiger charge is -2.26. The molecule has 1 saturated heterocycles. The van der Waals surface area contributed by atoms with Gasteiger partial charge in [0.15, 0.2) is 10.7 Å². The molecule has 0 aromatic carbocycles. The molecule has 1 aliphatic heterocycles. The molecule has 3 rings (SSSR count). The highest BCUT2D eigenvalue weighted by molar-refractivity contribution is 7.92. The molecule has 0 atom stereocenters. The number of aromatic nitrogens is 3. The topological polar surface area (TPSA) is 101 Å². The minimum absolute atomic E-state index is 0.0533. The molecule has 0 spiro atoms. The standard InChI is InChI=1S/C14H19N5O3S/c1-10-13(11(2)22-17-10)23(20,21)18-12-8-15-14(16-9-12)19-6-4-3-5-7-19/h8-9,18H,3-7H2,1-2H3. The molecule has 23 heavy (non-hydrogen) atoms. The predicted molar refractivity (Wildman–Crippen MR) is 84.9 cm³/mol. The molecule has 2 aromatic rings. The number of piperidine rings is 1. The van der Waals surface area contributed by atoms with Crippen LogP contribution in [0.5, 0.6) is 0 Å². The molecule has 0 bridgehead atoms. The zero-order valence-electron chi connectivity index (χ0n) is 13.1. The van der Waals surface area contributed by atoms with Crippen molar-refractivity contribution in [1.82, 2.24) is 15.1 Å². The lowest BCUT2D eigenvalue weighted by atomic mass is 10.1. The number of nitrogens with zero attached hydrogens (tertiary/aromatic N) is 4. The highest BCUT2D eigenvalue weighted by Crippen LogP contribution is 2.22. The Morgan fingerprint density at radius 3 is 2.35 bits per heavy atom. The van der Waals surface area contributed by atoms with Gasteiger partial charge < -0.3 is 9.42 Å². The van der Waals surface area contributed by atoms with Crippen molar-refractivity contribution in [3.63, 3.8) is 0 Å². The Kier molecular flexibility index (Phi) is 4.20. The first-order valence-corrected chi connectivity index (χ1v) is 8.98. The van der Waals surface area contributed by atoms with E-state index in [1.807, 2.05) is 0 Å². The normalized spacial score (nSPS) is 15.7. The average molecular weight is 337 g/mol. The van der Waals surface area contributed by atoms with Crippen LogP contribution in [0, 0.1) is 13.8 Å². The Morgan fingerprint density at radius 2 is 1.78 bits per heavy atom. The maximum atomic E-state index is 12.4. The van der Waals surface area contributed by atoms with Gasteiger partial charge in [-0.15, -0.1) is 0 Å². The fraction of sp³-hybridized carbons (Fsp3) is 0.500. The second kappa shape index (κ2) is 6.15. The maximum Gasteiger partial charge on any atom is 0.267 e. The van der Waals surface area contributed by atoms with Gasteiger partial charge in [0.05, 0.1) is 18.1 Å². The fourth-order valence-electron chi connectivity index (χ4n) is 2.70. The fourth-order valence-corrected chi connectivity index (χ4v) is 4.06. The van der Waals surface area contributed by atoms with Gasteiger partial charge in [-0.2, -0.15) is 0 Å². The Labute approximate surface area is 135 Å². The monoisotopic (exact) mass is 337 g/mol. The molecular weight excluding hydrogens is 318 g/mol. The molecule has 124 valence electrons. The zero-order valence-corrected chi connectivity index (χ0v) is 13.9. The minimum Gasteiger partial charge on any atom is -0.360 e. The van der Waals surface area contributed by atoms with Gasteiger partial charge in [0, 0.05) is 13.1 Å².